The van der Waals surface area contributed by atoms with Crippen molar-refractivity contribution in [3.8, 4) is 23.0 Å². The van der Waals surface area contributed by atoms with Crippen molar-refractivity contribution in [2.45, 2.75) is 26.7 Å². The van der Waals surface area contributed by atoms with Gasteiger partial charge >= 0.3 is 5.97 Å². The molecule has 0 saturated heterocycles. The van der Waals surface area contributed by atoms with E-state index in [0.29, 0.717) is 9.40 Å². The number of rotatable bonds is 15. The molecule has 242 valence electrons. The molecule has 45 heavy (non-hydrogen) atoms. The number of fused-ring (bicyclic) bond motifs is 2. The molecular formula is C29H28F2O11S3. The highest BCUT2D eigenvalue weighted by Crippen LogP contribution is 2.42. The average Bonchev–Trinajstić information content (AvgIpc) is 3.58. The van der Waals surface area contributed by atoms with Gasteiger partial charge in [0, 0.05) is 45.1 Å². The highest BCUT2D eigenvalue weighted by molar-refractivity contribution is 7.86. The molecule has 2 heterocycles. The van der Waals surface area contributed by atoms with Crippen molar-refractivity contribution < 1.29 is 60.2 Å². The standard InChI is InChI=1S/C29H28F2O11S3/c1-29(2,28(34)35)12-16(32)22-8-14-20(43-22)10-18(39-3)26(24(14)30)41-6-5-7-42-27-19(40-4)11-21-15(25(27)31)9-23(44-21)17(33)13-45(36,37)38/h8-11H,5-7,12-13H2,1-4H3,(H,34,35)(H,36,37,38). The van der Waals surface area contributed by atoms with E-state index < -0.39 is 50.5 Å². The second kappa shape index (κ2) is 13.2. The Hall–Kier alpha value is -3.86. The van der Waals surface area contributed by atoms with Crippen molar-refractivity contribution in [2.75, 3.05) is 33.2 Å². The summed E-state index contributed by atoms with van der Waals surface area (Å²) in [5.41, 5.74) is -1.30. The highest BCUT2D eigenvalue weighted by atomic mass is 32.2. The number of hydrogen-bond donors (Lipinski definition) is 2. The van der Waals surface area contributed by atoms with Crippen LogP contribution in [0.5, 0.6) is 23.0 Å². The minimum Gasteiger partial charge on any atom is -0.493 e. The number of thiophene rings is 2. The number of aliphatic carboxylic acids is 1. The zero-order valence-electron chi connectivity index (χ0n) is 24.4. The Bertz CT molecular complexity index is 1910. The lowest BCUT2D eigenvalue weighted by atomic mass is 9.87. The summed E-state index contributed by atoms with van der Waals surface area (Å²) in [7, 11) is -1.96. The van der Waals surface area contributed by atoms with Crippen LogP contribution in [-0.2, 0) is 14.9 Å². The van der Waals surface area contributed by atoms with Gasteiger partial charge in [-0.3, -0.25) is 18.9 Å². The van der Waals surface area contributed by atoms with Gasteiger partial charge in [-0.15, -0.1) is 22.7 Å². The Morgan fingerprint density at radius 2 is 1.27 bits per heavy atom. The monoisotopic (exact) mass is 686 g/mol. The predicted molar refractivity (Wildman–Crippen MR) is 163 cm³/mol. The maximum absolute atomic E-state index is 15.5. The van der Waals surface area contributed by atoms with Gasteiger partial charge in [0.25, 0.3) is 10.1 Å². The number of halogens is 2. The SMILES string of the molecule is COc1cc2sc(C(=O)CC(C)(C)C(=O)O)cc2c(F)c1OCCCOc1c(OC)cc2sc(C(=O)CS(=O)(=O)O)cc2c1F. The molecule has 0 aliphatic rings. The number of carbonyl (C=O) groups excluding carboxylic acids is 2. The molecule has 0 spiro atoms. The first-order valence-electron chi connectivity index (χ1n) is 13.2. The first-order valence-corrected chi connectivity index (χ1v) is 16.4. The smallest absolute Gasteiger partial charge is 0.309 e. The molecule has 2 aromatic heterocycles. The number of ketones is 2. The largest absolute Gasteiger partial charge is 0.493 e. The highest BCUT2D eigenvalue weighted by Gasteiger charge is 2.31. The minimum absolute atomic E-state index is 0.00835. The number of carboxylic acids is 1. The molecule has 2 aromatic carbocycles. The van der Waals surface area contributed by atoms with Crippen LogP contribution in [0, 0.1) is 17.0 Å². The summed E-state index contributed by atoms with van der Waals surface area (Å²) in [5.74, 6) is -5.61. The Balaban J connectivity index is 1.46. The first kappa shape index (κ1) is 34.0. The van der Waals surface area contributed by atoms with Crippen molar-refractivity contribution in [2.24, 2.45) is 5.41 Å². The Morgan fingerprint density at radius 1 is 0.822 bits per heavy atom. The molecular weight excluding hydrogens is 659 g/mol. The molecule has 4 rings (SSSR count). The van der Waals surface area contributed by atoms with E-state index in [2.05, 4.69) is 0 Å². The Morgan fingerprint density at radius 3 is 1.67 bits per heavy atom. The van der Waals surface area contributed by atoms with Gasteiger partial charge in [-0.25, -0.2) is 8.78 Å². The second-order valence-electron chi connectivity index (χ2n) is 10.5. The average molecular weight is 687 g/mol. The van der Waals surface area contributed by atoms with Gasteiger partial charge in [0.05, 0.1) is 42.6 Å². The Labute approximate surface area is 264 Å². The van der Waals surface area contributed by atoms with Gasteiger partial charge in [-0.1, -0.05) is 0 Å². The van der Waals surface area contributed by atoms with Crippen molar-refractivity contribution in [3.05, 3.63) is 45.7 Å². The molecule has 0 aliphatic carbocycles. The van der Waals surface area contributed by atoms with E-state index in [1.54, 1.807) is 0 Å². The van der Waals surface area contributed by atoms with Crippen molar-refractivity contribution >= 4 is 70.5 Å². The van der Waals surface area contributed by atoms with E-state index >= 15 is 8.78 Å². The van der Waals surface area contributed by atoms with Crippen LogP contribution in [0.4, 0.5) is 8.78 Å². The zero-order valence-corrected chi connectivity index (χ0v) is 26.8. The third-order valence-electron chi connectivity index (χ3n) is 6.63. The van der Waals surface area contributed by atoms with Crippen LogP contribution in [-0.4, -0.2) is 68.8 Å². The molecule has 0 unspecified atom stereocenters. The lowest BCUT2D eigenvalue weighted by Gasteiger charge is -2.16. The van der Waals surface area contributed by atoms with Gasteiger partial charge < -0.3 is 24.1 Å². The van der Waals surface area contributed by atoms with Crippen molar-refractivity contribution in [1.82, 2.24) is 0 Å². The molecule has 0 saturated carbocycles. The number of Topliss-reactive ketones (excluding diaryl/α,β-unsaturated/α-hetero) is 2. The van der Waals surface area contributed by atoms with Crippen molar-refractivity contribution in [3.63, 3.8) is 0 Å². The minimum atomic E-state index is -4.57. The normalized spacial score (nSPS) is 12.0. The number of carboxylic acid groups (broad SMARTS) is 1. The van der Waals surface area contributed by atoms with Crippen LogP contribution in [0.3, 0.4) is 0 Å². The van der Waals surface area contributed by atoms with Crippen LogP contribution < -0.4 is 18.9 Å². The third-order valence-corrected chi connectivity index (χ3v) is 9.50. The summed E-state index contributed by atoms with van der Waals surface area (Å²) in [5, 5.41) is 9.43. The van der Waals surface area contributed by atoms with E-state index in [4.69, 9.17) is 23.5 Å². The lowest BCUT2D eigenvalue weighted by molar-refractivity contribution is -0.146. The van der Waals surface area contributed by atoms with E-state index in [0.717, 1.165) is 22.7 Å². The topological polar surface area (TPSA) is 163 Å². The van der Waals surface area contributed by atoms with Crippen LogP contribution in [0.1, 0.15) is 46.0 Å². The first-order chi connectivity index (χ1) is 21.1. The van der Waals surface area contributed by atoms with Gasteiger partial charge in [0.1, 0.15) is 5.75 Å². The fourth-order valence-electron chi connectivity index (χ4n) is 4.25. The Kier molecular flexibility index (Phi) is 10.0. The maximum Gasteiger partial charge on any atom is 0.309 e. The van der Waals surface area contributed by atoms with Crippen molar-refractivity contribution in [1.29, 1.82) is 0 Å². The molecule has 0 bridgehead atoms. The van der Waals surface area contributed by atoms with E-state index in [9.17, 15) is 27.9 Å². The molecule has 0 fully saturated rings. The van der Waals surface area contributed by atoms with Gasteiger partial charge in [0.15, 0.2) is 46.2 Å². The number of ether oxygens (including phenoxy) is 4. The van der Waals surface area contributed by atoms with E-state index in [-0.39, 0.29) is 69.6 Å². The van der Waals surface area contributed by atoms with Crippen LogP contribution >= 0.6 is 22.7 Å². The summed E-state index contributed by atoms with van der Waals surface area (Å²) in [6.07, 6.45) is -0.115. The fourth-order valence-corrected chi connectivity index (χ4v) is 6.88. The van der Waals surface area contributed by atoms with E-state index in [1.807, 2.05) is 0 Å². The lowest BCUT2D eigenvalue weighted by Crippen LogP contribution is -2.26. The maximum atomic E-state index is 15.5. The summed E-state index contributed by atoms with van der Waals surface area (Å²) >= 11 is 1.84. The molecule has 16 heteroatoms. The number of methoxy groups -OCH3 is 2. The van der Waals surface area contributed by atoms with Crippen LogP contribution in [0.25, 0.3) is 20.2 Å². The summed E-state index contributed by atoms with van der Waals surface area (Å²) in [6, 6.07) is 5.46. The second-order valence-corrected chi connectivity index (χ2v) is 14.1. The van der Waals surface area contributed by atoms with Crippen LogP contribution in [0.2, 0.25) is 0 Å². The summed E-state index contributed by atoms with van der Waals surface area (Å²) in [6.45, 7) is 2.68. The van der Waals surface area contributed by atoms with Gasteiger partial charge in [-0.2, -0.15) is 8.42 Å². The third kappa shape index (κ3) is 7.52. The summed E-state index contributed by atoms with van der Waals surface area (Å²) < 4.78 is 84.4. The predicted octanol–water partition coefficient (Wildman–Crippen LogP) is 6.01. The molecule has 4 aromatic rings. The quantitative estimate of drug-likeness (QED) is 0.0855. The number of benzene rings is 2. The van der Waals surface area contributed by atoms with Gasteiger partial charge in [-0.05, 0) is 26.0 Å². The molecule has 11 nitrogen and oxygen atoms in total. The van der Waals surface area contributed by atoms with E-state index in [1.165, 1.54) is 52.3 Å². The molecule has 0 radical (unpaired) electrons. The number of carbonyl (C=O) groups is 3. The zero-order chi connectivity index (χ0) is 33.3. The van der Waals surface area contributed by atoms with Gasteiger partial charge in [0.2, 0.25) is 0 Å². The van der Waals surface area contributed by atoms with Crippen LogP contribution in [0.15, 0.2) is 24.3 Å². The molecule has 0 atom stereocenters. The molecule has 0 amide bonds. The molecule has 0 aliphatic heterocycles. The fraction of sp³-hybridized carbons (Fsp3) is 0.345. The summed E-state index contributed by atoms with van der Waals surface area (Å²) in [4.78, 5) is 36.5. The number of hydrogen-bond acceptors (Lipinski definition) is 11. The molecule has 2 N–H and O–H groups in total.